The maximum Gasteiger partial charge on any atom is 0.303 e. The van der Waals surface area contributed by atoms with Gasteiger partial charge in [0, 0.05) is 31.5 Å². The normalized spacial score (nSPS) is 13.7. The fourth-order valence-electron chi connectivity index (χ4n) is 2.39. The van der Waals surface area contributed by atoms with Crippen LogP contribution >= 0.6 is 0 Å². The lowest BCUT2D eigenvalue weighted by molar-refractivity contribution is -0.138. The highest BCUT2D eigenvalue weighted by Crippen LogP contribution is 2.06. The average molecular weight is 425 g/mol. The first-order chi connectivity index (χ1) is 14.1. The molecule has 1 rings (SSSR count). The van der Waals surface area contributed by atoms with Crippen molar-refractivity contribution in [3.05, 3.63) is 12.2 Å². The summed E-state index contributed by atoms with van der Waals surface area (Å²) in [7, 11) is 0. The predicted molar refractivity (Wildman–Crippen MR) is 99.1 cm³/mol. The molecule has 1 atom stereocenters. The van der Waals surface area contributed by atoms with E-state index in [0.29, 0.717) is 0 Å². The summed E-state index contributed by atoms with van der Waals surface area (Å²) in [6.07, 6.45) is 1.64. The van der Waals surface area contributed by atoms with E-state index in [9.17, 15) is 33.6 Å². The van der Waals surface area contributed by atoms with Crippen molar-refractivity contribution >= 4 is 41.4 Å². The molecule has 0 aromatic heterocycles. The van der Waals surface area contributed by atoms with E-state index in [2.05, 4.69) is 16.0 Å². The van der Waals surface area contributed by atoms with Crippen molar-refractivity contribution < 1.29 is 38.7 Å². The van der Waals surface area contributed by atoms with Crippen molar-refractivity contribution in [1.29, 1.82) is 0 Å². The number of carboxylic acid groups (broad SMARTS) is 1. The molecular formula is C17H23N5O8. The van der Waals surface area contributed by atoms with E-state index < -0.39 is 67.0 Å². The van der Waals surface area contributed by atoms with Crippen LogP contribution in [0.25, 0.3) is 0 Å². The van der Waals surface area contributed by atoms with Gasteiger partial charge >= 0.3 is 5.97 Å². The summed E-state index contributed by atoms with van der Waals surface area (Å²) in [5, 5.41) is 15.6. The standard InChI is InChI=1S/C17H23N5O8/c18-11(23)8-19-13(25)9-20-17(30)10(3-6-16(28)29)21-12(24)2-1-7-22-14(26)4-5-15(22)27/h4-5,10H,1-3,6-9H2,(H2,18,23)(H,19,25)(H,20,30)(H,21,24)(H,28,29). The zero-order valence-electron chi connectivity index (χ0n) is 16.0. The lowest BCUT2D eigenvalue weighted by Gasteiger charge is -2.18. The van der Waals surface area contributed by atoms with Crippen LogP contribution < -0.4 is 21.7 Å². The van der Waals surface area contributed by atoms with Crippen molar-refractivity contribution in [2.75, 3.05) is 19.6 Å². The third-order valence-corrected chi connectivity index (χ3v) is 3.87. The van der Waals surface area contributed by atoms with Gasteiger partial charge < -0.3 is 26.8 Å². The van der Waals surface area contributed by atoms with Crippen LogP contribution in [0, 0.1) is 0 Å². The fraction of sp³-hybridized carbons (Fsp3) is 0.471. The van der Waals surface area contributed by atoms with Gasteiger partial charge in [0.2, 0.25) is 23.6 Å². The molecule has 13 nitrogen and oxygen atoms in total. The second-order valence-corrected chi connectivity index (χ2v) is 6.28. The number of carbonyl (C=O) groups excluding carboxylic acids is 6. The van der Waals surface area contributed by atoms with Crippen molar-refractivity contribution in [3.63, 3.8) is 0 Å². The van der Waals surface area contributed by atoms with Crippen LogP contribution in [0.5, 0.6) is 0 Å². The van der Waals surface area contributed by atoms with Crippen molar-refractivity contribution in [3.8, 4) is 0 Å². The zero-order chi connectivity index (χ0) is 22.7. The number of carboxylic acids is 1. The SMILES string of the molecule is NC(=O)CNC(=O)CNC(=O)C(CCC(=O)O)NC(=O)CCCN1C(=O)C=CC1=O. The van der Waals surface area contributed by atoms with Gasteiger partial charge in [0.25, 0.3) is 11.8 Å². The van der Waals surface area contributed by atoms with Gasteiger partial charge in [-0.1, -0.05) is 0 Å². The first kappa shape index (κ1) is 24.3. The summed E-state index contributed by atoms with van der Waals surface area (Å²) < 4.78 is 0. The number of aliphatic carboxylic acids is 1. The highest BCUT2D eigenvalue weighted by Gasteiger charge is 2.24. The topological polar surface area (TPSA) is 205 Å². The highest BCUT2D eigenvalue weighted by molar-refractivity contribution is 6.12. The maximum atomic E-state index is 12.2. The van der Waals surface area contributed by atoms with Crippen LogP contribution in [0.1, 0.15) is 25.7 Å². The molecule has 0 aliphatic carbocycles. The molecule has 0 fully saturated rings. The van der Waals surface area contributed by atoms with Crippen molar-refractivity contribution in [2.24, 2.45) is 5.73 Å². The number of primary amides is 1. The lowest BCUT2D eigenvalue weighted by Crippen LogP contribution is -2.49. The molecule has 1 aliphatic heterocycles. The molecule has 0 bridgehead atoms. The second-order valence-electron chi connectivity index (χ2n) is 6.28. The molecule has 0 aromatic carbocycles. The van der Waals surface area contributed by atoms with E-state index in [1.807, 2.05) is 0 Å². The highest BCUT2D eigenvalue weighted by atomic mass is 16.4. The summed E-state index contributed by atoms with van der Waals surface area (Å²) >= 11 is 0. The van der Waals surface area contributed by atoms with Gasteiger partial charge in [0.1, 0.15) is 6.04 Å². The molecule has 1 unspecified atom stereocenters. The van der Waals surface area contributed by atoms with Crippen LogP contribution in [-0.2, 0) is 33.6 Å². The van der Waals surface area contributed by atoms with Gasteiger partial charge in [-0.05, 0) is 12.8 Å². The zero-order valence-corrected chi connectivity index (χ0v) is 16.0. The number of carbonyl (C=O) groups is 7. The molecular weight excluding hydrogens is 402 g/mol. The molecule has 0 radical (unpaired) electrons. The Labute approximate surface area is 171 Å². The van der Waals surface area contributed by atoms with Gasteiger partial charge in [-0.25, -0.2) is 0 Å². The largest absolute Gasteiger partial charge is 0.481 e. The average Bonchev–Trinajstić information content (AvgIpc) is 2.99. The number of amides is 6. The van der Waals surface area contributed by atoms with Crippen molar-refractivity contribution in [1.82, 2.24) is 20.9 Å². The summed E-state index contributed by atoms with van der Waals surface area (Å²) in [5.41, 5.74) is 4.87. The van der Waals surface area contributed by atoms with E-state index in [-0.39, 0.29) is 25.8 Å². The molecule has 30 heavy (non-hydrogen) atoms. The number of nitrogens with one attached hydrogen (secondary N) is 3. The minimum absolute atomic E-state index is 0.0180. The summed E-state index contributed by atoms with van der Waals surface area (Å²) in [5.74, 6) is -4.98. The Kier molecular flexibility index (Phi) is 9.65. The minimum Gasteiger partial charge on any atom is -0.481 e. The van der Waals surface area contributed by atoms with Gasteiger partial charge in [0.05, 0.1) is 13.1 Å². The quantitative estimate of drug-likeness (QED) is 0.189. The summed E-state index contributed by atoms with van der Waals surface area (Å²) in [6, 6.07) is -1.21. The molecule has 0 saturated heterocycles. The third-order valence-electron chi connectivity index (χ3n) is 3.87. The van der Waals surface area contributed by atoms with Crippen LogP contribution in [0.3, 0.4) is 0 Å². The Morgan fingerprint density at radius 3 is 2.17 bits per heavy atom. The van der Waals surface area contributed by atoms with Crippen LogP contribution in [0.4, 0.5) is 0 Å². The molecule has 0 spiro atoms. The Bertz CT molecular complexity index is 745. The first-order valence-corrected chi connectivity index (χ1v) is 8.97. The van der Waals surface area contributed by atoms with Gasteiger partial charge in [0.15, 0.2) is 0 Å². The molecule has 1 aliphatic rings. The Morgan fingerprint density at radius 2 is 1.60 bits per heavy atom. The maximum absolute atomic E-state index is 12.2. The first-order valence-electron chi connectivity index (χ1n) is 8.97. The van der Waals surface area contributed by atoms with E-state index in [1.54, 1.807) is 0 Å². The molecule has 6 N–H and O–H groups in total. The van der Waals surface area contributed by atoms with Crippen LogP contribution in [0.15, 0.2) is 12.2 Å². The number of imide groups is 1. The minimum atomic E-state index is -1.21. The monoisotopic (exact) mass is 425 g/mol. The van der Waals surface area contributed by atoms with E-state index in [0.717, 1.165) is 17.1 Å². The smallest absolute Gasteiger partial charge is 0.303 e. The Morgan fingerprint density at radius 1 is 0.967 bits per heavy atom. The summed E-state index contributed by atoms with van der Waals surface area (Å²) in [4.78, 5) is 81.0. The number of nitrogens with zero attached hydrogens (tertiary/aromatic N) is 1. The van der Waals surface area contributed by atoms with Crippen LogP contribution in [-0.4, -0.2) is 77.1 Å². The number of rotatable bonds is 13. The van der Waals surface area contributed by atoms with E-state index >= 15 is 0 Å². The number of nitrogens with two attached hydrogens (primary N) is 1. The number of hydrogen-bond donors (Lipinski definition) is 5. The molecule has 0 aromatic rings. The van der Waals surface area contributed by atoms with E-state index in [4.69, 9.17) is 10.8 Å². The van der Waals surface area contributed by atoms with Crippen LogP contribution in [0.2, 0.25) is 0 Å². The summed E-state index contributed by atoms with van der Waals surface area (Å²) in [6.45, 7) is -0.896. The second kappa shape index (κ2) is 11.9. The molecule has 0 saturated carbocycles. The molecule has 1 heterocycles. The van der Waals surface area contributed by atoms with Gasteiger partial charge in [-0.2, -0.15) is 0 Å². The van der Waals surface area contributed by atoms with Crippen molar-refractivity contribution in [2.45, 2.75) is 31.7 Å². The molecule has 13 heteroatoms. The van der Waals surface area contributed by atoms with Gasteiger partial charge in [-0.3, -0.25) is 38.5 Å². The van der Waals surface area contributed by atoms with Gasteiger partial charge in [-0.15, -0.1) is 0 Å². The van der Waals surface area contributed by atoms with E-state index in [1.165, 1.54) is 0 Å². The predicted octanol–water partition coefficient (Wildman–Crippen LogP) is -3.24. The molecule has 164 valence electrons. The molecule has 6 amide bonds. The Balaban J connectivity index is 2.50. The third kappa shape index (κ3) is 8.95. The Hall–Kier alpha value is -3.77. The lowest BCUT2D eigenvalue weighted by atomic mass is 10.1. The number of hydrogen-bond acceptors (Lipinski definition) is 7. The fourth-order valence-corrected chi connectivity index (χ4v) is 2.39.